The Labute approximate surface area is 175 Å². The number of likely N-dealkylation sites (tertiary alicyclic amines) is 1. The first kappa shape index (κ1) is 20.5. The average molecular weight is 413 g/mol. The Morgan fingerprint density at radius 2 is 1.87 bits per heavy atom. The summed E-state index contributed by atoms with van der Waals surface area (Å²) < 4.78 is 17.0. The molecule has 0 bridgehead atoms. The number of ether oxygens (including phenoxy) is 1. The van der Waals surface area contributed by atoms with Crippen molar-refractivity contribution in [2.24, 2.45) is 0 Å². The topological polar surface area (TPSA) is 116 Å². The van der Waals surface area contributed by atoms with Crippen LogP contribution in [-0.4, -0.2) is 55.3 Å². The first-order valence-electron chi connectivity index (χ1n) is 10.1. The lowest BCUT2D eigenvalue weighted by Crippen LogP contribution is -2.44. The van der Waals surface area contributed by atoms with Crippen LogP contribution in [0.3, 0.4) is 0 Å². The van der Waals surface area contributed by atoms with Crippen LogP contribution in [0.2, 0.25) is 0 Å². The SMILES string of the molecule is COC1(c2nc(-c3cnccn3)no2)CCN([C@@H](C)c2nc(C(C)(C)C)no2)CC1. The van der Waals surface area contributed by atoms with Gasteiger partial charge in [-0.2, -0.15) is 9.97 Å². The van der Waals surface area contributed by atoms with Crippen molar-refractivity contribution in [3.05, 3.63) is 36.2 Å². The standard InChI is InChI=1S/C20H27N7O3/c1-13(16-24-17(26-29-16)19(2,3)4)27-10-6-20(28-5,7-11-27)18-23-15(25-30-18)14-12-21-8-9-22-14/h8-9,12-13H,6-7,10-11H2,1-5H3/t13-/m0/s1. The third-order valence-corrected chi connectivity index (χ3v) is 5.62. The lowest BCUT2D eigenvalue weighted by Gasteiger charge is -2.39. The maximum absolute atomic E-state index is 5.89. The van der Waals surface area contributed by atoms with Gasteiger partial charge in [0.05, 0.1) is 12.2 Å². The molecule has 1 fully saturated rings. The molecule has 0 aliphatic carbocycles. The molecule has 160 valence electrons. The molecule has 3 aromatic heterocycles. The lowest BCUT2D eigenvalue weighted by atomic mass is 9.90. The zero-order valence-electron chi connectivity index (χ0n) is 18.0. The molecule has 1 atom stereocenters. The van der Waals surface area contributed by atoms with E-state index in [0.29, 0.717) is 36.1 Å². The second kappa shape index (κ2) is 7.84. The Kier molecular flexibility index (Phi) is 5.37. The van der Waals surface area contributed by atoms with Gasteiger partial charge in [-0.25, -0.2) is 4.98 Å². The molecule has 10 heteroatoms. The second-order valence-electron chi connectivity index (χ2n) is 8.63. The zero-order chi connectivity index (χ0) is 21.4. The first-order chi connectivity index (χ1) is 14.3. The van der Waals surface area contributed by atoms with Gasteiger partial charge in [0.15, 0.2) is 5.82 Å². The van der Waals surface area contributed by atoms with E-state index >= 15 is 0 Å². The van der Waals surface area contributed by atoms with Gasteiger partial charge < -0.3 is 13.8 Å². The van der Waals surface area contributed by atoms with Crippen LogP contribution in [0.5, 0.6) is 0 Å². The maximum Gasteiger partial charge on any atom is 0.259 e. The number of rotatable bonds is 5. The molecule has 10 nitrogen and oxygen atoms in total. The average Bonchev–Trinajstić information content (AvgIpc) is 3.44. The number of aromatic nitrogens is 6. The molecule has 0 amide bonds. The van der Waals surface area contributed by atoms with E-state index in [1.54, 1.807) is 25.7 Å². The Hall–Kier alpha value is -2.72. The molecule has 30 heavy (non-hydrogen) atoms. The lowest BCUT2D eigenvalue weighted by molar-refractivity contribution is -0.0891. The van der Waals surface area contributed by atoms with E-state index in [1.165, 1.54) is 0 Å². The van der Waals surface area contributed by atoms with Crippen LogP contribution >= 0.6 is 0 Å². The van der Waals surface area contributed by atoms with Gasteiger partial charge in [-0.3, -0.25) is 9.88 Å². The van der Waals surface area contributed by atoms with E-state index in [0.717, 1.165) is 18.9 Å². The van der Waals surface area contributed by atoms with E-state index in [4.69, 9.17) is 13.8 Å². The minimum Gasteiger partial charge on any atom is -0.368 e. The Morgan fingerprint density at radius 3 is 2.47 bits per heavy atom. The van der Waals surface area contributed by atoms with E-state index < -0.39 is 5.60 Å². The summed E-state index contributed by atoms with van der Waals surface area (Å²) in [6, 6.07) is 0.0151. The molecule has 0 saturated carbocycles. The Balaban J connectivity index is 1.47. The molecule has 4 rings (SSSR count). The summed E-state index contributed by atoms with van der Waals surface area (Å²) in [6.45, 7) is 9.83. The van der Waals surface area contributed by atoms with Gasteiger partial charge in [0.25, 0.3) is 5.89 Å². The zero-order valence-corrected chi connectivity index (χ0v) is 18.0. The molecule has 0 spiro atoms. The molecular weight excluding hydrogens is 386 g/mol. The predicted octanol–water partition coefficient (Wildman–Crippen LogP) is 2.91. The van der Waals surface area contributed by atoms with Crippen molar-refractivity contribution in [2.45, 2.75) is 57.6 Å². The van der Waals surface area contributed by atoms with Crippen molar-refractivity contribution in [3.8, 4) is 11.5 Å². The molecule has 3 aromatic rings. The van der Waals surface area contributed by atoms with Crippen LogP contribution in [-0.2, 0) is 15.8 Å². The Morgan fingerprint density at radius 1 is 1.10 bits per heavy atom. The van der Waals surface area contributed by atoms with E-state index in [2.05, 4.69) is 62.8 Å². The number of piperidine rings is 1. The van der Waals surface area contributed by atoms with Crippen LogP contribution in [0.15, 0.2) is 27.6 Å². The van der Waals surface area contributed by atoms with E-state index in [9.17, 15) is 0 Å². The predicted molar refractivity (Wildman–Crippen MR) is 106 cm³/mol. The highest BCUT2D eigenvalue weighted by atomic mass is 16.5. The minimum atomic E-state index is -0.630. The van der Waals surface area contributed by atoms with Crippen LogP contribution in [0.25, 0.3) is 11.5 Å². The summed E-state index contributed by atoms with van der Waals surface area (Å²) in [5.74, 6) is 2.22. The van der Waals surface area contributed by atoms with E-state index in [-0.39, 0.29) is 11.5 Å². The molecule has 0 radical (unpaired) electrons. The number of methoxy groups -OCH3 is 1. The molecule has 0 aromatic carbocycles. The number of nitrogens with zero attached hydrogens (tertiary/aromatic N) is 7. The van der Waals surface area contributed by atoms with Crippen molar-refractivity contribution >= 4 is 0 Å². The van der Waals surface area contributed by atoms with Gasteiger partial charge in [-0.1, -0.05) is 31.1 Å². The number of hydrogen-bond acceptors (Lipinski definition) is 10. The molecule has 0 unspecified atom stereocenters. The van der Waals surface area contributed by atoms with Crippen molar-refractivity contribution in [2.75, 3.05) is 20.2 Å². The minimum absolute atomic E-state index is 0.0151. The second-order valence-corrected chi connectivity index (χ2v) is 8.63. The van der Waals surface area contributed by atoms with Gasteiger partial charge in [-0.05, 0) is 19.8 Å². The third kappa shape index (κ3) is 3.84. The van der Waals surface area contributed by atoms with Crippen molar-refractivity contribution in [3.63, 3.8) is 0 Å². The fourth-order valence-corrected chi connectivity index (χ4v) is 3.57. The maximum atomic E-state index is 5.89. The fraction of sp³-hybridized carbons (Fsp3) is 0.600. The normalized spacial score (nSPS) is 18.4. The highest BCUT2D eigenvalue weighted by molar-refractivity contribution is 5.45. The summed E-state index contributed by atoms with van der Waals surface area (Å²) in [4.78, 5) is 19.7. The van der Waals surface area contributed by atoms with Crippen LogP contribution in [0, 0.1) is 0 Å². The smallest absolute Gasteiger partial charge is 0.259 e. The molecule has 1 aliphatic heterocycles. The molecule has 4 heterocycles. The molecule has 0 N–H and O–H groups in total. The summed E-state index contributed by atoms with van der Waals surface area (Å²) in [7, 11) is 1.68. The first-order valence-corrected chi connectivity index (χ1v) is 10.1. The van der Waals surface area contributed by atoms with Crippen molar-refractivity contribution in [1.82, 2.24) is 35.1 Å². The van der Waals surface area contributed by atoms with Crippen LogP contribution < -0.4 is 0 Å². The Bertz CT molecular complexity index is 972. The van der Waals surface area contributed by atoms with Gasteiger partial charge in [0, 0.05) is 38.0 Å². The van der Waals surface area contributed by atoms with Gasteiger partial charge in [0.2, 0.25) is 11.7 Å². The monoisotopic (exact) mass is 413 g/mol. The van der Waals surface area contributed by atoms with Crippen LogP contribution in [0.1, 0.15) is 64.2 Å². The van der Waals surface area contributed by atoms with Gasteiger partial charge >= 0.3 is 0 Å². The number of hydrogen-bond donors (Lipinski definition) is 0. The molecule has 1 aliphatic rings. The summed E-state index contributed by atoms with van der Waals surface area (Å²) in [5.41, 5.74) is -0.210. The van der Waals surface area contributed by atoms with Crippen molar-refractivity contribution < 1.29 is 13.8 Å². The highest BCUT2D eigenvalue weighted by Crippen LogP contribution is 2.38. The van der Waals surface area contributed by atoms with E-state index in [1.807, 2.05) is 0 Å². The van der Waals surface area contributed by atoms with Crippen molar-refractivity contribution in [1.29, 1.82) is 0 Å². The fourth-order valence-electron chi connectivity index (χ4n) is 3.57. The largest absolute Gasteiger partial charge is 0.368 e. The van der Waals surface area contributed by atoms with Gasteiger partial charge in [0.1, 0.15) is 11.3 Å². The summed E-state index contributed by atoms with van der Waals surface area (Å²) in [6.07, 6.45) is 6.22. The molecular formula is C20H27N7O3. The molecule has 1 saturated heterocycles. The van der Waals surface area contributed by atoms with Gasteiger partial charge in [-0.15, -0.1) is 0 Å². The highest BCUT2D eigenvalue weighted by Gasteiger charge is 2.43. The van der Waals surface area contributed by atoms with Crippen LogP contribution in [0.4, 0.5) is 0 Å². The summed E-state index contributed by atoms with van der Waals surface area (Å²) >= 11 is 0. The quantitative estimate of drug-likeness (QED) is 0.618. The summed E-state index contributed by atoms with van der Waals surface area (Å²) in [5, 5.41) is 8.21. The third-order valence-electron chi connectivity index (χ3n) is 5.62.